The van der Waals surface area contributed by atoms with E-state index in [4.69, 9.17) is 21.4 Å². The number of rotatable bonds is 4. The molecule has 1 unspecified atom stereocenters. The lowest BCUT2D eigenvalue weighted by Crippen LogP contribution is -2.41. The zero-order valence-electron chi connectivity index (χ0n) is 10.1. The van der Waals surface area contributed by atoms with Crippen molar-refractivity contribution in [1.82, 2.24) is 4.98 Å². The van der Waals surface area contributed by atoms with Crippen LogP contribution in [0.4, 0.5) is 0 Å². The van der Waals surface area contributed by atoms with E-state index in [1.807, 2.05) is 0 Å². The molecule has 2 N–H and O–H groups in total. The summed E-state index contributed by atoms with van der Waals surface area (Å²) < 4.78 is 5.35. The van der Waals surface area contributed by atoms with Gasteiger partial charge in [-0.2, -0.15) is 0 Å². The normalized spacial score (nSPS) is 14.1. The maximum atomic E-state index is 10.8. The van der Waals surface area contributed by atoms with Crippen LogP contribution in [-0.2, 0) is 4.79 Å². The molecule has 0 saturated heterocycles. The third-order valence-electron chi connectivity index (χ3n) is 2.65. The Balaban J connectivity index is 2.32. The molecule has 19 heavy (non-hydrogen) atoms. The number of pyridine rings is 1. The number of carbonyl (C=O) groups is 1. The van der Waals surface area contributed by atoms with Gasteiger partial charge in [-0.1, -0.05) is 11.6 Å². The Labute approximate surface area is 114 Å². The van der Waals surface area contributed by atoms with Crippen molar-refractivity contribution in [1.29, 1.82) is 0 Å². The maximum absolute atomic E-state index is 10.8. The van der Waals surface area contributed by atoms with Gasteiger partial charge in [-0.05, 0) is 31.2 Å². The van der Waals surface area contributed by atoms with Crippen molar-refractivity contribution in [2.24, 2.45) is 0 Å². The van der Waals surface area contributed by atoms with Crippen LogP contribution in [0, 0.1) is 0 Å². The molecule has 0 aliphatic rings. The van der Waals surface area contributed by atoms with Crippen molar-refractivity contribution in [2.45, 2.75) is 12.5 Å². The van der Waals surface area contributed by atoms with Crippen LogP contribution in [0.15, 0.2) is 30.5 Å². The lowest BCUT2D eigenvalue weighted by molar-refractivity contribution is -0.159. The highest BCUT2D eigenvalue weighted by Crippen LogP contribution is 2.29. The minimum absolute atomic E-state index is 0.376. The van der Waals surface area contributed by atoms with Crippen molar-refractivity contribution >= 4 is 28.5 Å². The first-order valence-corrected chi connectivity index (χ1v) is 5.91. The Morgan fingerprint density at radius 1 is 1.47 bits per heavy atom. The van der Waals surface area contributed by atoms with Gasteiger partial charge in [0.2, 0.25) is 0 Å². The summed E-state index contributed by atoms with van der Waals surface area (Å²) in [6, 6.07) is 6.75. The lowest BCUT2D eigenvalue weighted by atomic mass is 10.1. The molecule has 0 bridgehead atoms. The van der Waals surface area contributed by atoms with Gasteiger partial charge in [0, 0.05) is 11.6 Å². The van der Waals surface area contributed by atoms with E-state index in [0.717, 1.165) is 0 Å². The standard InChI is InChI=1S/C13H12ClNO4/c1-13(18,12(16)17)7-19-10-5-4-9(14)8-3-2-6-15-11(8)10/h2-6,18H,7H2,1H3,(H,16,17). The highest BCUT2D eigenvalue weighted by atomic mass is 35.5. The molecular formula is C13H12ClNO4. The summed E-state index contributed by atoms with van der Waals surface area (Å²) in [5.41, 5.74) is -1.43. The number of aliphatic hydroxyl groups is 1. The molecule has 1 aromatic carbocycles. The predicted octanol–water partition coefficient (Wildman–Crippen LogP) is 2.10. The Morgan fingerprint density at radius 3 is 2.89 bits per heavy atom. The van der Waals surface area contributed by atoms with E-state index < -0.39 is 11.6 Å². The number of aliphatic carboxylic acids is 1. The monoisotopic (exact) mass is 281 g/mol. The number of aromatic nitrogens is 1. The van der Waals surface area contributed by atoms with E-state index in [1.165, 1.54) is 6.92 Å². The van der Waals surface area contributed by atoms with Crippen LogP contribution in [0.25, 0.3) is 10.9 Å². The van der Waals surface area contributed by atoms with Crippen molar-refractivity contribution in [2.75, 3.05) is 6.61 Å². The molecule has 6 heteroatoms. The van der Waals surface area contributed by atoms with Crippen molar-refractivity contribution < 1.29 is 19.7 Å². The molecular weight excluding hydrogens is 270 g/mol. The molecule has 2 rings (SSSR count). The van der Waals surface area contributed by atoms with Gasteiger partial charge in [0.15, 0.2) is 5.60 Å². The van der Waals surface area contributed by atoms with Gasteiger partial charge in [-0.15, -0.1) is 0 Å². The number of carboxylic acid groups (broad SMARTS) is 1. The summed E-state index contributed by atoms with van der Waals surface area (Å²) in [6.07, 6.45) is 1.58. The summed E-state index contributed by atoms with van der Waals surface area (Å²) in [5, 5.41) is 19.7. The molecule has 100 valence electrons. The van der Waals surface area contributed by atoms with Crippen LogP contribution in [0.1, 0.15) is 6.92 Å². The van der Waals surface area contributed by atoms with Gasteiger partial charge in [-0.3, -0.25) is 4.98 Å². The zero-order valence-corrected chi connectivity index (χ0v) is 10.9. The average molecular weight is 282 g/mol. The van der Waals surface area contributed by atoms with E-state index in [9.17, 15) is 9.90 Å². The Kier molecular flexibility index (Phi) is 3.59. The van der Waals surface area contributed by atoms with Crippen LogP contribution in [-0.4, -0.2) is 33.4 Å². The van der Waals surface area contributed by atoms with Gasteiger partial charge in [0.05, 0.1) is 5.02 Å². The van der Waals surface area contributed by atoms with Crippen LogP contribution in [0.2, 0.25) is 5.02 Å². The van der Waals surface area contributed by atoms with Gasteiger partial charge >= 0.3 is 5.97 Å². The molecule has 0 aliphatic heterocycles. The first-order chi connectivity index (χ1) is 8.92. The molecule has 1 aromatic heterocycles. The molecule has 0 radical (unpaired) electrons. The molecule has 1 heterocycles. The second-order valence-corrected chi connectivity index (χ2v) is 4.72. The second kappa shape index (κ2) is 5.03. The Morgan fingerprint density at radius 2 is 2.21 bits per heavy atom. The van der Waals surface area contributed by atoms with Gasteiger partial charge in [-0.25, -0.2) is 4.79 Å². The smallest absolute Gasteiger partial charge is 0.339 e. The van der Waals surface area contributed by atoms with E-state index in [-0.39, 0.29) is 6.61 Å². The minimum atomic E-state index is -1.96. The number of halogens is 1. The summed E-state index contributed by atoms with van der Waals surface area (Å²) >= 11 is 6.03. The van der Waals surface area contributed by atoms with Gasteiger partial charge in [0.1, 0.15) is 17.9 Å². The second-order valence-electron chi connectivity index (χ2n) is 4.31. The molecule has 1 atom stereocenters. The summed E-state index contributed by atoms with van der Waals surface area (Å²) in [7, 11) is 0. The highest BCUT2D eigenvalue weighted by Gasteiger charge is 2.31. The largest absolute Gasteiger partial charge is 0.488 e. The average Bonchev–Trinajstić information content (AvgIpc) is 2.38. The van der Waals surface area contributed by atoms with Crippen molar-refractivity contribution in [3.05, 3.63) is 35.5 Å². The zero-order chi connectivity index (χ0) is 14.0. The van der Waals surface area contributed by atoms with Crippen molar-refractivity contribution in [3.8, 4) is 5.75 Å². The van der Waals surface area contributed by atoms with Crippen LogP contribution < -0.4 is 4.74 Å². The van der Waals surface area contributed by atoms with Gasteiger partial charge in [0.25, 0.3) is 0 Å². The number of benzene rings is 1. The van der Waals surface area contributed by atoms with Crippen LogP contribution in [0.5, 0.6) is 5.75 Å². The Hall–Kier alpha value is -1.85. The summed E-state index contributed by atoms with van der Waals surface area (Å²) in [4.78, 5) is 14.9. The molecule has 2 aromatic rings. The maximum Gasteiger partial charge on any atom is 0.339 e. The lowest BCUT2D eigenvalue weighted by Gasteiger charge is -2.19. The number of fused-ring (bicyclic) bond motifs is 1. The number of ether oxygens (including phenoxy) is 1. The molecule has 0 fully saturated rings. The first kappa shape index (κ1) is 13.6. The first-order valence-electron chi connectivity index (χ1n) is 5.53. The molecule has 0 saturated carbocycles. The third-order valence-corrected chi connectivity index (χ3v) is 2.98. The Bertz CT molecular complexity index is 627. The SMILES string of the molecule is CC(O)(COc1ccc(Cl)c2cccnc12)C(=O)O. The highest BCUT2D eigenvalue weighted by molar-refractivity contribution is 6.35. The molecule has 0 amide bonds. The fourth-order valence-electron chi connectivity index (χ4n) is 1.51. The van der Waals surface area contributed by atoms with Gasteiger partial charge < -0.3 is 14.9 Å². The van der Waals surface area contributed by atoms with Crippen LogP contribution in [0.3, 0.4) is 0 Å². The quantitative estimate of drug-likeness (QED) is 0.897. The summed E-state index contributed by atoms with van der Waals surface area (Å²) in [5.74, 6) is -0.972. The number of carboxylic acids is 1. The van der Waals surface area contributed by atoms with Crippen molar-refractivity contribution in [3.63, 3.8) is 0 Å². The molecule has 0 aliphatic carbocycles. The number of nitrogens with zero attached hydrogens (tertiary/aromatic N) is 1. The van der Waals surface area contributed by atoms with E-state index >= 15 is 0 Å². The predicted molar refractivity (Wildman–Crippen MR) is 70.5 cm³/mol. The molecule has 5 nitrogen and oxygen atoms in total. The van der Waals surface area contributed by atoms with E-state index in [2.05, 4.69) is 4.98 Å². The number of hydrogen-bond acceptors (Lipinski definition) is 4. The van der Waals surface area contributed by atoms with Crippen LogP contribution >= 0.6 is 11.6 Å². The topological polar surface area (TPSA) is 79.7 Å². The summed E-state index contributed by atoms with van der Waals surface area (Å²) in [6.45, 7) is 0.788. The number of hydrogen-bond donors (Lipinski definition) is 2. The third kappa shape index (κ3) is 2.77. The van der Waals surface area contributed by atoms with E-state index in [1.54, 1.807) is 30.5 Å². The fraction of sp³-hybridized carbons (Fsp3) is 0.231. The van der Waals surface area contributed by atoms with E-state index in [0.29, 0.717) is 21.7 Å². The fourth-order valence-corrected chi connectivity index (χ4v) is 1.72. The molecule has 0 spiro atoms. The minimum Gasteiger partial charge on any atom is -0.488 e.